The lowest BCUT2D eigenvalue weighted by Crippen LogP contribution is -2.37. The van der Waals surface area contributed by atoms with Crippen LogP contribution in [-0.2, 0) is 10.2 Å². The smallest absolute Gasteiger partial charge is 0.243 e. The minimum Gasteiger partial charge on any atom is -0.491 e. The van der Waals surface area contributed by atoms with Gasteiger partial charge in [-0.05, 0) is 42.3 Å². The molecule has 3 heterocycles. The molecule has 2 atom stereocenters. The van der Waals surface area contributed by atoms with Crippen molar-refractivity contribution in [2.24, 2.45) is 0 Å². The third kappa shape index (κ3) is 2.99. The highest BCUT2D eigenvalue weighted by molar-refractivity contribution is 6.12. The van der Waals surface area contributed by atoms with E-state index in [2.05, 4.69) is 12.2 Å². The number of halogens is 2. The first-order valence-corrected chi connectivity index (χ1v) is 11.6. The van der Waals surface area contributed by atoms with E-state index in [1.165, 1.54) is 0 Å². The minimum absolute atomic E-state index is 0.0396. The van der Waals surface area contributed by atoms with Crippen LogP contribution in [0, 0.1) is 11.6 Å². The van der Waals surface area contributed by atoms with Gasteiger partial charge in [0.2, 0.25) is 12.2 Å². The van der Waals surface area contributed by atoms with Crippen LogP contribution in [0.5, 0.6) is 17.2 Å². The summed E-state index contributed by atoms with van der Waals surface area (Å²) in [4.78, 5) is 13.5. The fourth-order valence-corrected chi connectivity index (χ4v) is 5.21. The molecular weight excluding hydrogens is 440 g/mol. The summed E-state index contributed by atoms with van der Waals surface area (Å²) >= 11 is 0. The van der Waals surface area contributed by atoms with Crippen LogP contribution in [0.15, 0.2) is 48.5 Å². The lowest BCUT2D eigenvalue weighted by Gasteiger charge is -2.23. The number of hydrogen-bond acceptors (Lipinski definition) is 4. The number of amides is 1. The van der Waals surface area contributed by atoms with Crippen molar-refractivity contribution in [2.45, 2.75) is 44.3 Å². The Morgan fingerprint density at radius 2 is 1.82 bits per heavy atom. The predicted molar refractivity (Wildman–Crippen MR) is 122 cm³/mol. The second-order valence-corrected chi connectivity index (χ2v) is 8.96. The molecule has 1 spiro atoms. The molecule has 1 N–H and O–H groups in total. The maximum Gasteiger partial charge on any atom is 0.243 e. The molecule has 0 fully saturated rings. The maximum atomic E-state index is 14.8. The summed E-state index contributed by atoms with van der Waals surface area (Å²) in [6.45, 7) is 2.18. The van der Waals surface area contributed by atoms with E-state index in [9.17, 15) is 13.6 Å². The van der Waals surface area contributed by atoms with Crippen LogP contribution >= 0.6 is 0 Å². The third-order valence-electron chi connectivity index (χ3n) is 6.86. The van der Waals surface area contributed by atoms with Crippen molar-refractivity contribution >= 4 is 11.6 Å². The van der Waals surface area contributed by atoms with Gasteiger partial charge in [0.1, 0.15) is 29.4 Å². The van der Waals surface area contributed by atoms with E-state index in [1.54, 1.807) is 30.3 Å². The Balaban J connectivity index is 1.46. The SMILES string of the molecule is CCCCC[C@H]1Oc2cc3c(cc2O1)C1(CO3)C(=O)Nc2cccc(-c3cc(F)ccc3F)c21. The summed E-state index contributed by atoms with van der Waals surface area (Å²) in [5.41, 5.74) is 1.08. The summed E-state index contributed by atoms with van der Waals surface area (Å²) in [6, 6.07) is 12.1. The van der Waals surface area contributed by atoms with Crippen LogP contribution in [0.4, 0.5) is 14.5 Å². The Kier molecular flexibility index (Phi) is 4.76. The second kappa shape index (κ2) is 7.72. The normalized spacial score (nSPS) is 21.4. The summed E-state index contributed by atoms with van der Waals surface area (Å²) in [6.07, 6.45) is 3.59. The molecule has 1 amide bonds. The third-order valence-corrected chi connectivity index (χ3v) is 6.86. The number of carbonyl (C=O) groups excluding carboxylic acids is 1. The molecule has 3 aromatic rings. The molecule has 0 bridgehead atoms. The van der Waals surface area contributed by atoms with E-state index in [0.29, 0.717) is 39.6 Å². The zero-order valence-corrected chi connectivity index (χ0v) is 18.6. The highest BCUT2D eigenvalue weighted by atomic mass is 19.1. The van der Waals surface area contributed by atoms with Crippen molar-refractivity contribution in [1.82, 2.24) is 0 Å². The van der Waals surface area contributed by atoms with Crippen LogP contribution in [0.3, 0.4) is 0 Å². The van der Waals surface area contributed by atoms with E-state index < -0.39 is 17.0 Å². The Hall–Kier alpha value is -3.61. The van der Waals surface area contributed by atoms with Crippen molar-refractivity contribution in [1.29, 1.82) is 0 Å². The van der Waals surface area contributed by atoms with Crippen molar-refractivity contribution < 1.29 is 27.8 Å². The zero-order chi connectivity index (χ0) is 23.4. The average Bonchev–Trinajstić information content (AvgIpc) is 3.48. The fraction of sp³-hybridized carbons (Fsp3) is 0.296. The average molecular weight is 463 g/mol. The number of hydrogen-bond donors (Lipinski definition) is 1. The Morgan fingerprint density at radius 1 is 1.00 bits per heavy atom. The van der Waals surface area contributed by atoms with Crippen LogP contribution in [0.25, 0.3) is 11.1 Å². The lowest BCUT2D eigenvalue weighted by molar-refractivity contribution is -0.119. The lowest BCUT2D eigenvalue weighted by atomic mass is 9.74. The van der Waals surface area contributed by atoms with Gasteiger partial charge in [-0.2, -0.15) is 0 Å². The molecular formula is C27H23F2NO4. The van der Waals surface area contributed by atoms with Crippen molar-refractivity contribution in [3.63, 3.8) is 0 Å². The molecule has 1 unspecified atom stereocenters. The van der Waals surface area contributed by atoms with Crippen molar-refractivity contribution in [3.05, 3.63) is 71.3 Å². The molecule has 3 aliphatic heterocycles. The first kappa shape index (κ1) is 21.0. The van der Waals surface area contributed by atoms with Gasteiger partial charge < -0.3 is 19.5 Å². The van der Waals surface area contributed by atoms with Gasteiger partial charge in [0.05, 0.1) is 0 Å². The number of anilines is 1. The van der Waals surface area contributed by atoms with E-state index in [1.807, 2.05) is 0 Å². The number of rotatable bonds is 5. The van der Waals surface area contributed by atoms with Crippen LogP contribution < -0.4 is 19.5 Å². The van der Waals surface area contributed by atoms with E-state index in [4.69, 9.17) is 14.2 Å². The van der Waals surface area contributed by atoms with Gasteiger partial charge in [0.15, 0.2) is 11.5 Å². The van der Waals surface area contributed by atoms with E-state index in [0.717, 1.165) is 43.9 Å². The van der Waals surface area contributed by atoms with Crippen molar-refractivity contribution in [3.8, 4) is 28.4 Å². The zero-order valence-electron chi connectivity index (χ0n) is 18.6. The van der Waals surface area contributed by atoms with Gasteiger partial charge in [-0.1, -0.05) is 31.9 Å². The summed E-state index contributed by atoms with van der Waals surface area (Å²) in [5, 5.41) is 2.92. The first-order chi connectivity index (χ1) is 16.5. The molecule has 6 rings (SSSR count). The Bertz CT molecular complexity index is 1320. The standard InChI is InChI=1S/C27H23F2NO4/c1-2-3-4-8-24-33-22-12-18-21(13-23(22)34-24)32-14-27(18)25-16(6-5-7-20(25)30-26(27)31)17-11-15(28)9-10-19(17)29/h5-7,9-13,24H,2-4,8,14H2,1H3,(H,30,31)/t24-,27?/m1/s1. The molecule has 5 nitrogen and oxygen atoms in total. The molecule has 0 radical (unpaired) electrons. The quantitative estimate of drug-likeness (QED) is 0.476. The molecule has 3 aromatic carbocycles. The maximum absolute atomic E-state index is 14.8. The summed E-state index contributed by atoms with van der Waals surface area (Å²) < 4.78 is 46.9. The number of nitrogens with one attached hydrogen (secondary N) is 1. The Morgan fingerprint density at radius 3 is 2.65 bits per heavy atom. The molecule has 0 aliphatic carbocycles. The van der Waals surface area contributed by atoms with E-state index >= 15 is 0 Å². The number of ether oxygens (including phenoxy) is 3. The Labute approximate surface area is 195 Å². The first-order valence-electron chi connectivity index (χ1n) is 11.6. The van der Waals surface area contributed by atoms with Crippen LogP contribution in [0.1, 0.15) is 43.7 Å². The van der Waals surface area contributed by atoms with E-state index in [-0.39, 0.29) is 24.4 Å². The second-order valence-electron chi connectivity index (χ2n) is 8.96. The summed E-state index contributed by atoms with van der Waals surface area (Å²) in [7, 11) is 0. The predicted octanol–water partition coefficient (Wildman–Crippen LogP) is 5.94. The van der Waals surface area contributed by atoms with Gasteiger partial charge >= 0.3 is 0 Å². The van der Waals surface area contributed by atoms with Gasteiger partial charge in [0.25, 0.3) is 0 Å². The highest BCUT2D eigenvalue weighted by Gasteiger charge is 2.56. The van der Waals surface area contributed by atoms with Crippen LogP contribution in [-0.4, -0.2) is 18.8 Å². The molecule has 0 saturated heterocycles. The molecule has 3 aliphatic rings. The highest BCUT2D eigenvalue weighted by Crippen LogP contribution is 2.56. The number of benzene rings is 3. The monoisotopic (exact) mass is 463 g/mol. The molecule has 7 heteroatoms. The largest absolute Gasteiger partial charge is 0.491 e. The van der Waals surface area contributed by atoms with Gasteiger partial charge in [-0.3, -0.25) is 4.79 Å². The number of unbranched alkanes of at least 4 members (excludes halogenated alkanes) is 2. The van der Waals surface area contributed by atoms with Crippen LogP contribution in [0.2, 0.25) is 0 Å². The molecule has 174 valence electrons. The number of fused-ring (bicyclic) bond motifs is 5. The van der Waals surface area contributed by atoms with Gasteiger partial charge in [-0.25, -0.2) is 8.78 Å². The number of carbonyl (C=O) groups is 1. The summed E-state index contributed by atoms with van der Waals surface area (Å²) in [5.74, 6) is 0.268. The molecule has 0 saturated carbocycles. The molecule has 34 heavy (non-hydrogen) atoms. The topological polar surface area (TPSA) is 56.8 Å². The van der Waals surface area contributed by atoms with Crippen molar-refractivity contribution in [2.75, 3.05) is 11.9 Å². The fourth-order valence-electron chi connectivity index (χ4n) is 5.21. The minimum atomic E-state index is -1.21. The van der Waals surface area contributed by atoms with Gasteiger partial charge in [0, 0.05) is 34.9 Å². The van der Waals surface area contributed by atoms with Gasteiger partial charge in [-0.15, -0.1) is 0 Å². The molecule has 0 aromatic heterocycles.